The number of hydrogen-bond acceptors (Lipinski definition) is 4. The summed E-state index contributed by atoms with van der Waals surface area (Å²) in [6.45, 7) is 2.76. The quantitative estimate of drug-likeness (QED) is 0.676. The molecule has 3 aromatic rings. The summed E-state index contributed by atoms with van der Waals surface area (Å²) < 4.78 is 1.66. The minimum atomic E-state index is -0.156. The second-order valence-electron chi connectivity index (χ2n) is 6.61. The molecule has 1 atom stereocenters. The molecule has 3 heterocycles. The van der Waals surface area contributed by atoms with E-state index in [2.05, 4.69) is 32.8 Å². The molecule has 140 valence electrons. The monoisotopic (exact) mass is 400 g/mol. The maximum atomic E-state index is 12.6. The summed E-state index contributed by atoms with van der Waals surface area (Å²) in [7, 11) is 0. The lowest BCUT2D eigenvalue weighted by Crippen LogP contribution is -2.36. The molecule has 1 saturated heterocycles. The van der Waals surface area contributed by atoms with Gasteiger partial charge in [0.25, 0.3) is 5.91 Å². The van der Waals surface area contributed by atoms with Gasteiger partial charge in [0.2, 0.25) is 0 Å². The van der Waals surface area contributed by atoms with E-state index >= 15 is 0 Å². The van der Waals surface area contributed by atoms with Gasteiger partial charge in [0.1, 0.15) is 0 Å². The Balaban J connectivity index is 1.44. The van der Waals surface area contributed by atoms with Crippen molar-refractivity contribution in [2.24, 2.45) is 0 Å². The van der Waals surface area contributed by atoms with Crippen molar-refractivity contribution in [3.63, 3.8) is 0 Å². The lowest BCUT2D eigenvalue weighted by Gasteiger charge is -2.26. The Morgan fingerprint density at radius 2 is 2.07 bits per heavy atom. The van der Waals surface area contributed by atoms with Crippen molar-refractivity contribution in [2.75, 3.05) is 19.6 Å². The van der Waals surface area contributed by atoms with Crippen molar-refractivity contribution < 1.29 is 4.79 Å². The summed E-state index contributed by atoms with van der Waals surface area (Å²) >= 11 is 7.78. The first-order valence-electron chi connectivity index (χ1n) is 9.08. The van der Waals surface area contributed by atoms with Crippen LogP contribution in [0.25, 0.3) is 5.69 Å². The van der Waals surface area contributed by atoms with Crippen LogP contribution in [0.15, 0.2) is 54.0 Å². The Hall–Kier alpha value is -2.15. The molecule has 1 aromatic carbocycles. The number of carbonyl (C=O) groups is 1. The van der Waals surface area contributed by atoms with E-state index < -0.39 is 0 Å². The fourth-order valence-electron chi connectivity index (χ4n) is 3.43. The molecule has 1 amide bonds. The van der Waals surface area contributed by atoms with Gasteiger partial charge < -0.3 is 5.32 Å². The third kappa shape index (κ3) is 4.24. The van der Waals surface area contributed by atoms with Gasteiger partial charge in [-0.1, -0.05) is 23.7 Å². The number of amides is 1. The number of nitrogens with one attached hydrogen (secondary N) is 1. The second-order valence-corrected chi connectivity index (χ2v) is 8.03. The van der Waals surface area contributed by atoms with Crippen LogP contribution in [0.3, 0.4) is 0 Å². The number of thiophene rings is 1. The van der Waals surface area contributed by atoms with Crippen LogP contribution >= 0.6 is 22.9 Å². The average molecular weight is 401 g/mol. The van der Waals surface area contributed by atoms with Crippen molar-refractivity contribution >= 4 is 28.8 Å². The molecule has 0 saturated carbocycles. The molecule has 0 bridgehead atoms. The summed E-state index contributed by atoms with van der Waals surface area (Å²) in [5.74, 6) is -0.156. The number of hydrogen-bond donors (Lipinski definition) is 1. The minimum absolute atomic E-state index is 0.156. The van der Waals surface area contributed by atoms with E-state index in [0.29, 0.717) is 17.3 Å². The predicted molar refractivity (Wildman–Crippen MR) is 109 cm³/mol. The number of aromatic nitrogens is 2. The lowest BCUT2D eigenvalue weighted by molar-refractivity contribution is 0.0933. The molecule has 1 fully saturated rings. The van der Waals surface area contributed by atoms with Gasteiger partial charge in [-0.25, -0.2) is 4.68 Å². The first-order valence-corrected chi connectivity index (χ1v) is 10.3. The molecular weight excluding hydrogens is 380 g/mol. The van der Waals surface area contributed by atoms with E-state index in [0.717, 1.165) is 18.8 Å². The molecule has 0 radical (unpaired) electrons. The molecule has 4 rings (SSSR count). The maximum Gasteiger partial charge on any atom is 0.271 e. The van der Waals surface area contributed by atoms with Gasteiger partial charge in [-0.3, -0.25) is 9.69 Å². The summed E-state index contributed by atoms with van der Waals surface area (Å²) in [6.07, 6.45) is 4.22. The normalized spacial score (nSPS) is 15.7. The molecular formula is C20H21ClN4OS. The summed E-state index contributed by atoms with van der Waals surface area (Å²) in [6, 6.07) is 13.6. The van der Waals surface area contributed by atoms with Gasteiger partial charge in [0.15, 0.2) is 5.69 Å². The van der Waals surface area contributed by atoms with Gasteiger partial charge in [0, 0.05) is 22.6 Å². The van der Waals surface area contributed by atoms with Crippen LogP contribution in [-0.4, -0.2) is 40.2 Å². The molecule has 0 aliphatic carbocycles. The highest BCUT2D eigenvalue weighted by Crippen LogP contribution is 2.27. The van der Waals surface area contributed by atoms with E-state index in [-0.39, 0.29) is 11.9 Å². The third-order valence-electron chi connectivity index (χ3n) is 4.80. The molecule has 2 aromatic heterocycles. The third-order valence-corrected chi connectivity index (χ3v) is 6.01. The number of likely N-dealkylation sites (tertiary alicyclic amines) is 1. The highest BCUT2D eigenvalue weighted by atomic mass is 35.5. The molecule has 1 unspecified atom stereocenters. The predicted octanol–water partition coefficient (Wildman–Crippen LogP) is 4.15. The zero-order valence-electron chi connectivity index (χ0n) is 14.8. The van der Waals surface area contributed by atoms with E-state index in [1.807, 2.05) is 24.3 Å². The summed E-state index contributed by atoms with van der Waals surface area (Å²) in [4.78, 5) is 16.4. The summed E-state index contributed by atoms with van der Waals surface area (Å²) in [5, 5.41) is 10.2. The SMILES string of the molecule is O=C(NCC(c1cccs1)N1CCCC1)c1ccn(-c2cccc(Cl)c2)n1. The number of carbonyl (C=O) groups excluding carboxylic acids is 1. The molecule has 7 heteroatoms. The molecule has 1 N–H and O–H groups in total. The van der Waals surface area contributed by atoms with Crippen molar-refractivity contribution in [1.82, 2.24) is 20.0 Å². The van der Waals surface area contributed by atoms with Crippen molar-refractivity contribution in [2.45, 2.75) is 18.9 Å². The molecule has 5 nitrogen and oxygen atoms in total. The minimum Gasteiger partial charge on any atom is -0.349 e. The lowest BCUT2D eigenvalue weighted by atomic mass is 10.2. The standard InChI is InChI=1S/C20H21ClN4OS/c21-15-5-3-6-16(13-15)25-11-8-17(23-25)20(26)22-14-18(19-7-4-12-27-19)24-9-1-2-10-24/h3-8,11-13,18H,1-2,9-10,14H2,(H,22,26). The average Bonchev–Trinajstić information content (AvgIpc) is 3.43. The number of nitrogens with zero attached hydrogens (tertiary/aromatic N) is 3. The van der Waals surface area contributed by atoms with E-state index in [1.165, 1.54) is 17.7 Å². The highest BCUT2D eigenvalue weighted by molar-refractivity contribution is 7.10. The Labute approximate surface area is 167 Å². The number of rotatable bonds is 6. The second kappa shape index (κ2) is 8.25. The zero-order valence-corrected chi connectivity index (χ0v) is 16.4. The van der Waals surface area contributed by atoms with Gasteiger partial charge >= 0.3 is 0 Å². The van der Waals surface area contributed by atoms with Gasteiger partial charge in [0.05, 0.1) is 11.7 Å². The topological polar surface area (TPSA) is 50.2 Å². The van der Waals surface area contributed by atoms with Gasteiger partial charge in [-0.15, -0.1) is 11.3 Å². The van der Waals surface area contributed by atoms with Crippen molar-refractivity contribution in [3.8, 4) is 5.69 Å². The smallest absolute Gasteiger partial charge is 0.271 e. The van der Waals surface area contributed by atoms with E-state index in [9.17, 15) is 4.79 Å². The van der Waals surface area contributed by atoms with Crippen molar-refractivity contribution in [3.05, 3.63) is 69.6 Å². The maximum absolute atomic E-state index is 12.6. The van der Waals surface area contributed by atoms with Crippen LogP contribution in [-0.2, 0) is 0 Å². The molecule has 1 aliphatic heterocycles. The zero-order chi connectivity index (χ0) is 18.6. The van der Waals surface area contributed by atoms with Crippen LogP contribution in [0.2, 0.25) is 5.02 Å². The molecule has 0 spiro atoms. The Morgan fingerprint density at radius 1 is 1.22 bits per heavy atom. The van der Waals surface area contributed by atoms with Crippen molar-refractivity contribution in [1.29, 1.82) is 0 Å². The first-order chi connectivity index (χ1) is 13.2. The molecule has 27 heavy (non-hydrogen) atoms. The van der Waals surface area contributed by atoms with Gasteiger partial charge in [-0.05, 0) is 61.6 Å². The Bertz CT molecular complexity index is 902. The van der Waals surface area contributed by atoms with E-state index in [1.54, 1.807) is 28.3 Å². The highest BCUT2D eigenvalue weighted by Gasteiger charge is 2.25. The molecule has 1 aliphatic rings. The van der Waals surface area contributed by atoms with Crippen LogP contribution in [0, 0.1) is 0 Å². The van der Waals surface area contributed by atoms with E-state index in [4.69, 9.17) is 11.6 Å². The summed E-state index contributed by atoms with van der Waals surface area (Å²) in [5.41, 5.74) is 1.23. The van der Waals surface area contributed by atoms with Crippen LogP contribution in [0.4, 0.5) is 0 Å². The van der Waals surface area contributed by atoms with Crippen LogP contribution in [0.1, 0.15) is 34.2 Å². The van der Waals surface area contributed by atoms with Crippen LogP contribution in [0.5, 0.6) is 0 Å². The Kier molecular flexibility index (Phi) is 5.57. The first kappa shape index (κ1) is 18.2. The van der Waals surface area contributed by atoms with Gasteiger partial charge in [-0.2, -0.15) is 5.10 Å². The number of halogens is 1. The Morgan fingerprint density at radius 3 is 2.81 bits per heavy atom. The number of benzene rings is 1. The largest absolute Gasteiger partial charge is 0.349 e. The van der Waals surface area contributed by atoms with Crippen LogP contribution < -0.4 is 5.32 Å². The fourth-order valence-corrected chi connectivity index (χ4v) is 4.48. The fraction of sp³-hybridized carbons (Fsp3) is 0.300.